The van der Waals surface area contributed by atoms with Crippen molar-refractivity contribution in [3.63, 3.8) is 0 Å². The van der Waals surface area contributed by atoms with Gasteiger partial charge in [-0.1, -0.05) is 16.8 Å². The van der Waals surface area contributed by atoms with Crippen LogP contribution >= 0.6 is 11.6 Å². The lowest BCUT2D eigenvalue weighted by molar-refractivity contribution is 0.0928. The zero-order valence-corrected chi connectivity index (χ0v) is 13.7. The van der Waals surface area contributed by atoms with E-state index in [1.807, 2.05) is 0 Å². The Morgan fingerprint density at radius 1 is 1.20 bits per heavy atom. The average Bonchev–Trinajstić information content (AvgIpc) is 3.07. The number of nitrogens with zero attached hydrogens (tertiary/aromatic N) is 2. The average molecular weight is 364 g/mol. The number of carbonyl (C=O) groups excluding carboxylic acids is 1. The molecule has 1 N–H and O–H groups in total. The Kier molecular flexibility index (Phi) is 4.76. The normalized spacial score (nSPS) is 12.0. The standard InChI is InChI=1S/C17H12ClF2N3O2/c1-9(21-16(24)13-8-12(19)6-7-14(13)20)17-22-15(23-25-17)10-2-4-11(18)5-3-10/h2-9H,1H3,(H,21,24)/t9-/m1/s1. The quantitative estimate of drug-likeness (QED) is 0.755. The molecule has 25 heavy (non-hydrogen) atoms. The van der Waals surface area contributed by atoms with Gasteiger partial charge in [0, 0.05) is 10.6 Å². The largest absolute Gasteiger partial charge is 0.340 e. The van der Waals surface area contributed by atoms with Crippen molar-refractivity contribution in [2.24, 2.45) is 0 Å². The van der Waals surface area contributed by atoms with Crippen molar-refractivity contribution >= 4 is 17.5 Å². The van der Waals surface area contributed by atoms with Gasteiger partial charge in [0.05, 0.1) is 5.56 Å². The Morgan fingerprint density at radius 2 is 1.92 bits per heavy atom. The third-order valence-electron chi connectivity index (χ3n) is 3.44. The zero-order valence-electron chi connectivity index (χ0n) is 13.0. The molecule has 0 saturated carbocycles. The highest BCUT2D eigenvalue weighted by atomic mass is 35.5. The van der Waals surface area contributed by atoms with Crippen LogP contribution in [0.1, 0.15) is 29.2 Å². The second kappa shape index (κ2) is 6.98. The van der Waals surface area contributed by atoms with Gasteiger partial charge in [-0.3, -0.25) is 4.79 Å². The maximum atomic E-state index is 13.6. The first-order valence-corrected chi connectivity index (χ1v) is 7.67. The summed E-state index contributed by atoms with van der Waals surface area (Å²) in [4.78, 5) is 16.3. The summed E-state index contributed by atoms with van der Waals surface area (Å²) in [5.41, 5.74) is 0.290. The molecule has 1 heterocycles. The fraction of sp³-hybridized carbons (Fsp3) is 0.118. The Hall–Kier alpha value is -2.80. The van der Waals surface area contributed by atoms with Gasteiger partial charge in [-0.25, -0.2) is 8.78 Å². The topological polar surface area (TPSA) is 68.0 Å². The van der Waals surface area contributed by atoms with Crippen molar-refractivity contribution in [1.29, 1.82) is 0 Å². The van der Waals surface area contributed by atoms with Gasteiger partial charge in [-0.05, 0) is 49.4 Å². The summed E-state index contributed by atoms with van der Waals surface area (Å²) < 4.78 is 32.0. The molecule has 0 aliphatic carbocycles. The maximum absolute atomic E-state index is 13.6. The number of aromatic nitrogens is 2. The minimum Gasteiger partial charge on any atom is -0.340 e. The van der Waals surface area contributed by atoms with Gasteiger partial charge in [-0.2, -0.15) is 4.98 Å². The van der Waals surface area contributed by atoms with Crippen LogP contribution in [0.25, 0.3) is 11.4 Å². The molecule has 0 aliphatic rings. The lowest BCUT2D eigenvalue weighted by Gasteiger charge is -2.10. The molecule has 0 aliphatic heterocycles. The van der Waals surface area contributed by atoms with E-state index in [9.17, 15) is 13.6 Å². The molecule has 8 heteroatoms. The Bertz CT molecular complexity index is 913. The molecular weight excluding hydrogens is 352 g/mol. The molecule has 128 valence electrons. The predicted octanol–water partition coefficient (Wildman–Crippen LogP) is 4.16. The Morgan fingerprint density at radius 3 is 2.64 bits per heavy atom. The molecule has 0 saturated heterocycles. The number of carbonyl (C=O) groups is 1. The first-order chi connectivity index (χ1) is 11.9. The van der Waals surface area contributed by atoms with E-state index in [0.717, 1.165) is 18.2 Å². The van der Waals surface area contributed by atoms with E-state index < -0.39 is 29.1 Å². The van der Waals surface area contributed by atoms with E-state index in [1.54, 1.807) is 31.2 Å². The van der Waals surface area contributed by atoms with Crippen LogP contribution in [0.5, 0.6) is 0 Å². The summed E-state index contributed by atoms with van der Waals surface area (Å²) in [5, 5.41) is 6.90. The van der Waals surface area contributed by atoms with Gasteiger partial charge in [0.1, 0.15) is 17.7 Å². The van der Waals surface area contributed by atoms with Gasteiger partial charge < -0.3 is 9.84 Å². The maximum Gasteiger partial charge on any atom is 0.255 e. The van der Waals surface area contributed by atoms with E-state index in [0.29, 0.717) is 16.4 Å². The van der Waals surface area contributed by atoms with E-state index in [4.69, 9.17) is 16.1 Å². The first-order valence-electron chi connectivity index (χ1n) is 7.29. The fourth-order valence-electron chi connectivity index (χ4n) is 2.13. The van der Waals surface area contributed by atoms with Crippen molar-refractivity contribution in [3.05, 3.63) is 70.6 Å². The highest BCUT2D eigenvalue weighted by molar-refractivity contribution is 6.30. The smallest absolute Gasteiger partial charge is 0.255 e. The van der Waals surface area contributed by atoms with Crippen LogP contribution in [-0.2, 0) is 0 Å². The Balaban J connectivity index is 1.75. The molecule has 0 bridgehead atoms. The van der Waals surface area contributed by atoms with Gasteiger partial charge >= 0.3 is 0 Å². The second-order valence-corrected chi connectivity index (χ2v) is 5.72. The highest BCUT2D eigenvalue weighted by Gasteiger charge is 2.20. The van der Waals surface area contributed by atoms with Crippen LogP contribution in [0.15, 0.2) is 47.0 Å². The molecular formula is C17H12ClF2N3O2. The second-order valence-electron chi connectivity index (χ2n) is 5.28. The number of rotatable bonds is 4. The molecule has 2 aromatic carbocycles. The van der Waals surface area contributed by atoms with E-state index in [2.05, 4.69) is 15.5 Å². The van der Waals surface area contributed by atoms with Crippen molar-refractivity contribution in [2.45, 2.75) is 13.0 Å². The summed E-state index contributed by atoms with van der Waals surface area (Å²) in [6.07, 6.45) is 0. The van der Waals surface area contributed by atoms with E-state index >= 15 is 0 Å². The molecule has 1 atom stereocenters. The molecule has 3 rings (SSSR count). The number of halogens is 3. The lowest BCUT2D eigenvalue weighted by Crippen LogP contribution is -2.27. The summed E-state index contributed by atoms with van der Waals surface area (Å²) >= 11 is 5.83. The number of nitrogens with one attached hydrogen (secondary N) is 1. The van der Waals surface area contributed by atoms with Crippen molar-refractivity contribution in [3.8, 4) is 11.4 Å². The van der Waals surface area contributed by atoms with Crippen molar-refractivity contribution in [1.82, 2.24) is 15.5 Å². The molecule has 0 unspecified atom stereocenters. The molecule has 3 aromatic rings. The Labute approximate surface area is 146 Å². The number of amides is 1. The van der Waals surface area contributed by atoms with Gasteiger partial charge in [-0.15, -0.1) is 0 Å². The van der Waals surface area contributed by atoms with Crippen LogP contribution in [0.4, 0.5) is 8.78 Å². The van der Waals surface area contributed by atoms with E-state index in [1.165, 1.54) is 0 Å². The number of benzene rings is 2. The summed E-state index contributed by atoms with van der Waals surface area (Å²) in [6, 6.07) is 8.78. The van der Waals surface area contributed by atoms with Crippen LogP contribution in [0.3, 0.4) is 0 Å². The molecule has 1 amide bonds. The third kappa shape index (κ3) is 3.83. The fourth-order valence-corrected chi connectivity index (χ4v) is 2.26. The lowest BCUT2D eigenvalue weighted by atomic mass is 10.2. The van der Waals surface area contributed by atoms with E-state index in [-0.39, 0.29) is 5.89 Å². The van der Waals surface area contributed by atoms with Gasteiger partial charge in [0.2, 0.25) is 11.7 Å². The molecule has 0 radical (unpaired) electrons. The van der Waals surface area contributed by atoms with Crippen LogP contribution < -0.4 is 5.32 Å². The first kappa shape index (κ1) is 17.0. The van der Waals surface area contributed by atoms with Gasteiger partial charge in [0.25, 0.3) is 5.91 Å². The third-order valence-corrected chi connectivity index (χ3v) is 3.69. The van der Waals surface area contributed by atoms with Crippen LogP contribution in [-0.4, -0.2) is 16.0 Å². The summed E-state index contributed by atoms with van der Waals surface area (Å²) in [7, 11) is 0. The summed E-state index contributed by atoms with van der Waals surface area (Å²) in [5.74, 6) is -1.85. The summed E-state index contributed by atoms with van der Waals surface area (Å²) in [6.45, 7) is 1.59. The SMILES string of the molecule is C[C@@H](NC(=O)c1cc(F)ccc1F)c1nc(-c2ccc(Cl)cc2)no1. The van der Waals surface area contributed by atoms with Crippen molar-refractivity contribution in [2.75, 3.05) is 0 Å². The predicted molar refractivity (Wildman–Crippen MR) is 87.0 cm³/mol. The number of hydrogen-bond donors (Lipinski definition) is 1. The minimum absolute atomic E-state index is 0.134. The highest BCUT2D eigenvalue weighted by Crippen LogP contribution is 2.21. The number of hydrogen-bond acceptors (Lipinski definition) is 4. The minimum atomic E-state index is -0.821. The van der Waals surface area contributed by atoms with Crippen LogP contribution in [0, 0.1) is 11.6 Å². The molecule has 0 fully saturated rings. The monoisotopic (exact) mass is 363 g/mol. The van der Waals surface area contributed by atoms with Crippen molar-refractivity contribution < 1.29 is 18.1 Å². The van der Waals surface area contributed by atoms with Gasteiger partial charge in [0.15, 0.2) is 0 Å². The van der Waals surface area contributed by atoms with Crippen LogP contribution in [0.2, 0.25) is 5.02 Å². The molecule has 0 spiro atoms. The molecule has 1 aromatic heterocycles. The molecule has 5 nitrogen and oxygen atoms in total. The zero-order chi connectivity index (χ0) is 18.0.